The summed E-state index contributed by atoms with van der Waals surface area (Å²) >= 11 is 0. The molecule has 112 valence electrons. The molecule has 0 saturated carbocycles. The Hall–Kier alpha value is -2.66. The molecule has 0 aromatic heterocycles. The molecule has 1 amide bonds. The van der Waals surface area contributed by atoms with Crippen LogP contribution >= 0.6 is 0 Å². The highest BCUT2D eigenvalue weighted by Gasteiger charge is 2.25. The topological polar surface area (TPSA) is 78.4 Å². The van der Waals surface area contributed by atoms with Gasteiger partial charge >= 0.3 is 5.97 Å². The number of rotatable bonds is 3. The van der Waals surface area contributed by atoms with Gasteiger partial charge in [-0.1, -0.05) is 24.3 Å². The van der Waals surface area contributed by atoms with Gasteiger partial charge in [-0.3, -0.25) is 4.79 Å². The third kappa shape index (κ3) is 2.84. The maximum absolute atomic E-state index is 12.5. The summed E-state index contributed by atoms with van der Waals surface area (Å²) in [6.07, 6.45) is 0.910. The molecule has 0 saturated heterocycles. The zero-order chi connectivity index (χ0) is 15.5. The van der Waals surface area contributed by atoms with E-state index in [1.165, 1.54) is 17.7 Å². The van der Waals surface area contributed by atoms with E-state index in [0.29, 0.717) is 5.69 Å². The van der Waals surface area contributed by atoms with E-state index in [9.17, 15) is 9.59 Å². The van der Waals surface area contributed by atoms with E-state index in [0.717, 1.165) is 18.5 Å². The van der Waals surface area contributed by atoms with E-state index in [4.69, 9.17) is 5.11 Å². The van der Waals surface area contributed by atoms with Crippen molar-refractivity contribution in [3.63, 3.8) is 0 Å². The van der Waals surface area contributed by atoms with Crippen molar-refractivity contribution in [3.8, 4) is 0 Å². The van der Waals surface area contributed by atoms with Gasteiger partial charge in [-0.05, 0) is 41.8 Å². The van der Waals surface area contributed by atoms with Crippen LogP contribution < -0.4 is 10.6 Å². The second-order valence-electron chi connectivity index (χ2n) is 5.21. The molecule has 1 aliphatic rings. The standard InChI is InChI=1S/C17H16N2O3/c20-16(19-13-7-5-12(6-8-13)17(21)22)15-14-4-2-1-3-11(14)9-10-18-15/h1-8,15,18H,9-10H2,(H,19,20)(H,21,22)/t15-/m0/s1. The first-order valence-electron chi connectivity index (χ1n) is 7.10. The van der Waals surface area contributed by atoms with Gasteiger partial charge in [-0.25, -0.2) is 4.79 Å². The average molecular weight is 296 g/mol. The largest absolute Gasteiger partial charge is 0.478 e. The Labute approximate surface area is 128 Å². The van der Waals surface area contributed by atoms with Crippen LogP contribution in [0.2, 0.25) is 0 Å². The molecule has 2 aromatic carbocycles. The van der Waals surface area contributed by atoms with Crippen LogP contribution in [0.5, 0.6) is 0 Å². The molecule has 1 aliphatic heterocycles. The monoisotopic (exact) mass is 296 g/mol. The van der Waals surface area contributed by atoms with Crippen LogP contribution in [0.4, 0.5) is 5.69 Å². The summed E-state index contributed by atoms with van der Waals surface area (Å²) in [5.74, 6) is -1.13. The Bertz CT molecular complexity index is 710. The Balaban J connectivity index is 1.76. The highest BCUT2D eigenvalue weighted by atomic mass is 16.4. The van der Waals surface area contributed by atoms with Crippen molar-refractivity contribution in [2.45, 2.75) is 12.5 Å². The molecular weight excluding hydrogens is 280 g/mol. The van der Waals surface area contributed by atoms with Crippen LogP contribution in [-0.4, -0.2) is 23.5 Å². The number of benzene rings is 2. The zero-order valence-corrected chi connectivity index (χ0v) is 11.9. The molecule has 5 nitrogen and oxygen atoms in total. The summed E-state index contributed by atoms with van der Waals surface area (Å²) in [6, 6.07) is 13.6. The minimum absolute atomic E-state index is 0.143. The molecule has 1 heterocycles. The van der Waals surface area contributed by atoms with Gasteiger partial charge in [0, 0.05) is 12.2 Å². The van der Waals surface area contributed by atoms with Gasteiger partial charge in [0.05, 0.1) is 5.56 Å². The molecule has 22 heavy (non-hydrogen) atoms. The van der Waals surface area contributed by atoms with Crippen molar-refractivity contribution in [3.05, 3.63) is 65.2 Å². The average Bonchev–Trinajstić information content (AvgIpc) is 2.54. The maximum atomic E-state index is 12.5. The number of carbonyl (C=O) groups excluding carboxylic acids is 1. The van der Waals surface area contributed by atoms with E-state index in [1.54, 1.807) is 12.1 Å². The van der Waals surface area contributed by atoms with Crippen LogP contribution in [0.1, 0.15) is 27.5 Å². The smallest absolute Gasteiger partial charge is 0.335 e. The van der Waals surface area contributed by atoms with Gasteiger partial charge in [0.2, 0.25) is 5.91 Å². The normalized spacial score (nSPS) is 16.6. The molecule has 1 atom stereocenters. The molecule has 0 unspecified atom stereocenters. The Kier molecular flexibility index (Phi) is 3.89. The number of carbonyl (C=O) groups is 2. The lowest BCUT2D eigenvalue weighted by molar-refractivity contribution is -0.118. The minimum Gasteiger partial charge on any atom is -0.478 e. The summed E-state index contributed by atoms with van der Waals surface area (Å²) in [5, 5.41) is 14.9. The molecule has 0 radical (unpaired) electrons. The van der Waals surface area contributed by atoms with Crippen molar-refractivity contribution in [2.75, 3.05) is 11.9 Å². The number of nitrogens with one attached hydrogen (secondary N) is 2. The first kappa shape index (κ1) is 14.3. The first-order valence-corrected chi connectivity index (χ1v) is 7.10. The van der Waals surface area contributed by atoms with Gasteiger partial charge in [-0.2, -0.15) is 0 Å². The van der Waals surface area contributed by atoms with E-state index >= 15 is 0 Å². The van der Waals surface area contributed by atoms with Crippen molar-refractivity contribution < 1.29 is 14.7 Å². The first-order chi connectivity index (χ1) is 10.6. The molecule has 0 bridgehead atoms. The summed E-state index contributed by atoms with van der Waals surface area (Å²) in [4.78, 5) is 23.3. The van der Waals surface area contributed by atoms with E-state index < -0.39 is 5.97 Å². The second-order valence-corrected chi connectivity index (χ2v) is 5.21. The van der Waals surface area contributed by atoms with Crippen molar-refractivity contribution >= 4 is 17.6 Å². The van der Waals surface area contributed by atoms with Crippen LogP contribution in [0.15, 0.2) is 48.5 Å². The highest BCUT2D eigenvalue weighted by molar-refractivity contribution is 5.96. The number of aromatic carboxylic acids is 1. The highest BCUT2D eigenvalue weighted by Crippen LogP contribution is 2.24. The third-order valence-electron chi connectivity index (χ3n) is 3.77. The zero-order valence-electron chi connectivity index (χ0n) is 11.9. The summed E-state index contributed by atoms with van der Waals surface area (Å²) in [6.45, 7) is 0.757. The van der Waals surface area contributed by atoms with E-state index in [-0.39, 0.29) is 17.5 Å². The van der Waals surface area contributed by atoms with E-state index in [2.05, 4.69) is 10.6 Å². The summed E-state index contributed by atoms with van der Waals surface area (Å²) in [7, 11) is 0. The van der Waals surface area contributed by atoms with Crippen molar-refractivity contribution in [1.82, 2.24) is 5.32 Å². The summed E-state index contributed by atoms with van der Waals surface area (Å²) in [5.41, 5.74) is 2.95. The van der Waals surface area contributed by atoms with E-state index in [1.807, 2.05) is 24.3 Å². The molecule has 2 aromatic rings. The molecule has 0 fully saturated rings. The number of amides is 1. The Morgan fingerprint density at radius 3 is 2.55 bits per heavy atom. The lowest BCUT2D eigenvalue weighted by Gasteiger charge is -2.26. The molecular formula is C17H16N2O3. The Morgan fingerprint density at radius 1 is 1.09 bits per heavy atom. The number of hydrogen-bond donors (Lipinski definition) is 3. The predicted octanol–water partition coefficient (Wildman–Crippen LogP) is 2.21. The molecule has 3 rings (SSSR count). The predicted molar refractivity (Wildman–Crippen MR) is 82.9 cm³/mol. The van der Waals surface area contributed by atoms with Gasteiger partial charge in [0.15, 0.2) is 0 Å². The molecule has 0 spiro atoms. The van der Waals surface area contributed by atoms with Crippen LogP contribution in [0.25, 0.3) is 0 Å². The quantitative estimate of drug-likeness (QED) is 0.811. The number of anilines is 1. The Morgan fingerprint density at radius 2 is 1.82 bits per heavy atom. The van der Waals surface area contributed by atoms with Crippen LogP contribution in [0.3, 0.4) is 0 Å². The SMILES string of the molecule is O=C(O)c1ccc(NC(=O)[C@H]2NCCc3ccccc32)cc1. The summed E-state index contributed by atoms with van der Waals surface area (Å²) < 4.78 is 0. The van der Waals surface area contributed by atoms with Gasteiger partial charge in [0.25, 0.3) is 0 Å². The number of fused-ring (bicyclic) bond motifs is 1. The number of carboxylic acid groups (broad SMARTS) is 1. The van der Waals surface area contributed by atoms with Crippen LogP contribution in [0, 0.1) is 0 Å². The number of hydrogen-bond acceptors (Lipinski definition) is 3. The minimum atomic E-state index is -0.985. The van der Waals surface area contributed by atoms with Crippen molar-refractivity contribution in [1.29, 1.82) is 0 Å². The fraction of sp³-hybridized carbons (Fsp3) is 0.176. The van der Waals surface area contributed by atoms with Gasteiger partial charge in [0.1, 0.15) is 6.04 Å². The lowest BCUT2D eigenvalue weighted by atomic mass is 9.94. The van der Waals surface area contributed by atoms with Gasteiger partial charge in [-0.15, -0.1) is 0 Å². The fourth-order valence-corrected chi connectivity index (χ4v) is 2.65. The van der Waals surface area contributed by atoms with Crippen molar-refractivity contribution in [2.24, 2.45) is 0 Å². The van der Waals surface area contributed by atoms with Crippen LogP contribution in [-0.2, 0) is 11.2 Å². The number of carboxylic acids is 1. The molecule has 5 heteroatoms. The van der Waals surface area contributed by atoms with Gasteiger partial charge < -0.3 is 15.7 Å². The maximum Gasteiger partial charge on any atom is 0.335 e. The second kappa shape index (κ2) is 5.99. The fourth-order valence-electron chi connectivity index (χ4n) is 2.65. The lowest BCUT2D eigenvalue weighted by Crippen LogP contribution is -2.38. The molecule has 3 N–H and O–H groups in total. The molecule has 0 aliphatic carbocycles. The third-order valence-corrected chi connectivity index (χ3v) is 3.77.